The lowest BCUT2D eigenvalue weighted by molar-refractivity contribution is 0.0975. The lowest BCUT2D eigenvalue weighted by Gasteiger charge is -2.22. The van der Waals surface area contributed by atoms with Crippen LogP contribution in [0.15, 0.2) is 96.1 Å². The molecule has 0 aromatic heterocycles. The maximum Gasteiger partial charge on any atom is 0.197 e. The van der Waals surface area contributed by atoms with E-state index in [1.165, 1.54) is 0 Å². The molecule has 0 aliphatic heterocycles. The van der Waals surface area contributed by atoms with E-state index in [2.05, 4.69) is 37.5 Å². The summed E-state index contributed by atoms with van der Waals surface area (Å²) >= 11 is 0. The number of rotatable bonds is 16. The van der Waals surface area contributed by atoms with E-state index in [0.29, 0.717) is 58.1 Å². The summed E-state index contributed by atoms with van der Waals surface area (Å²) in [6, 6.07) is 25.6. The fourth-order valence-electron chi connectivity index (χ4n) is 6.97. The summed E-state index contributed by atoms with van der Waals surface area (Å²) < 4.78 is 12.7. The van der Waals surface area contributed by atoms with Gasteiger partial charge < -0.3 is 19.3 Å². The van der Waals surface area contributed by atoms with E-state index in [0.717, 1.165) is 56.8 Å². The molecule has 0 radical (unpaired) electrons. The van der Waals surface area contributed by atoms with Gasteiger partial charge in [0.15, 0.2) is 23.1 Å². The van der Waals surface area contributed by atoms with Gasteiger partial charge in [-0.25, -0.2) is 0 Å². The number of carbonyl (C=O) groups is 4. The van der Waals surface area contributed by atoms with Crippen LogP contribution in [0.4, 0.5) is 11.4 Å². The third kappa shape index (κ3) is 7.72. The normalized spacial score (nSPS) is 13.3. The highest BCUT2D eigenvalue weighted by Crippen LogP contribution is 2.34. The molecule has 2 aliphatic carbocycles. The van der Waals surface area contributed by atoms with Gasteiger partial charge in [0, 0.05) is 83.1 Å². The molecule has 4 aromatic carbocycles. The molecule has 53 heavy (non-hydrogen) atoms. The van der Waals surface area contributed by atoms with E-state index < -0.39 is 0 Å². The Hall–Kier alpha value is -5.76. The van der Waals surface area contributed by atoms with Crippen molar-refractivity contribution in [3.8, 4) is 11.5 Å². The lowest BCUT2D eigenvalue weighted by Crippen LogP contribution is -2.21. The first-order valence-electron chi connectivity index (χ1n) is 18.6. The molecule has 2 aliphatic rings. The van der Waals surface area contributed by atoms with Gasteiger partial charge in [-0.05, 0) is 83.4 Å². The van der Waals surface area contributed by atoms with E-state index >= 15 is 0 Å². The number of Topliss-reactive ketones (excluding diaryl/α,β-unsaturated/α-hetero) is 4. The standard InChI is InChI=1S/C45H46N2O6/c1-5-46(6-2)32-22-20-30(26-38-42(48)34-16-10-11-17-35(34)43(38)49)40(28-32)52-24-14-9-15-25-53-41-29-33(47(7-3)8-4)23-21-31(41)27-39-44(50)36-18-12-13-19-37(36)45(39)51/h10-13,16-23,26-29H,5-9,14-15,24-25H2,1-4H3. The molecule has 0 amide bonds. The van der Waals surface area contributed by atoms with Crippen LogP contribution in [0.25, 0.3) is 12.2 Å². The highest BCUT2D eigenvalue weighted by atomic mass is 16.5. The Morgan fingerprint density at radius 1 is 0.472 bits per heavy atom. The number of ether oxygens (including phenoxy) is 2. The molecular weight excluding hydrogens is 665 g/mol. The molecule has 8 heteroatoms. The van der Waals surface area contributed by atoms with E-state index in [-0.39, 0.29) is 34.3 Å². The van der Waals surface area contributed by atoms with Gasteiger partial charge in [-0.2, -0.15) is 0 Å². The van der Waals surface area contributed by atoms with Gasteiger partial charge >= 0.3 is 0 Å². The average Bonchev–Trinajstić information content (AvgIpc) is 3.57. The van der Waals surface area contributed by atoms with Crippen molar-refractivity contribution in [3.05, 3.63) is 129 Å². The fourth-order valence-corrected chi connectivity index (χ4v) is 6.97. The molecule has 272 valence electrons. The van der Waals surface area contributed by atoms with Crippen molar-refractivity contribution < 1.29 is 28.7 Å². The van der Waals surface area contributed by atoms with Gasteiger partial charge in [0.1, 0.15) is 11.5 Å². The molecule has 0 atom stereocenters. The second kappa shape index (κ2) is 16.7. The number of unbranched alkanes of at least 4 members (excludes halogenated alkanes) is 2. The molecule has 0 spiro atoms. The number of hydrogen-bond acceptors (Lipinski definition) is 8. The first-order valence-corrected chi connectivity index (χ1v) is 18.6. The Balaban J connectivity index is 1.12. The Morgan fingerprint density at radius 2 is 0.811 bits per heavy atom. The SMILES string of the molecule is CCN(CC)c1ccc(C=C2C(=O)c3ccccc3C2=O)c(OCCCCCOc2cc(N(CC)CC)ccc2C=C2C(=O)c3ccccc3C2=O)c1. The molecule has 8 nitrogen and oxygen atoms in total. The van der Waals surface area contributed by atoms with Crippen molar-refractivity contribution in [3.63, 3.8) is 0 Å². The van der Waals surface area contributed by atoms with E-state index in [4.69, 9.17) is 9.47 Å². The van der Waals surface area contributed by atoms with Gasteiger partial charge in [0.25, 0.3) is 0 Å². The van der Waals surface area contributed by atoms with Crippen LogP contribution in [-0.2, 0) is 0 Å². The van der Waals surface area contributed by atoms with Crippen molar-refractivity contribution in [2.24, 2.45) is 0 Å². The summed E-state index contributed by atoms with van der Waals surface area (Å²) in [6.07, 6.45) is 5.66. The minimum Gasteiger partial charge on any atom is -0.493 e. The van der Waals surface area contributed by atoms with Crippen molar-refractivity contribution in [1.29, 1.82) is 0 Å². The van der Waals surface area contributed by atoms with Gasteiger partial charge in [-0.15, -0.1) is 0 Å². The maximum atomic E-state index is 13.1. The van der Waals surface area contributed by atoms with Crippen LogP contribution in [0, 0.1) is 0 Å². The van der Waals surface area contributed by atoms with Crippen LogP contribution < -0.4 is 19.3 Å². The maximum absolute atomic E-state index is 13.1. The third-order valence-electron chi connectivity index (χ3n) is 9.97. The highest BCUT2D eigenvalue weighted by Gasteiger charge is 2.34. The van der Waals surface area contributed by atoms with E-state index in [9.17, 15) is 19.2 Å². The van der Waals surface area contributed by atoms with E-state index in [1.807, 2.05) is 36.4 Å². The molecule has 4 aromatic rings. The number of fused-ring (bicyclic) bond motifs is 2. The summed E-state index contributed by atoms with van der Waals surface area (Å²) in [5.74, 6) is 0.184. The minimum atomic E-state index is -0.266. The predicted molar refractivity (Wildman–Crippen MR) is 211 cm³/mol. The minimum absolute atomic E-state index is 0.148. The Kier molecular flexibility index (Phi) is 11.7. The molecule has 0 saturated heterocycles. The molecule has 0 fully saturated rings. The number of allylic oxidation sites excluding steroid dienone is 2. The number of carbonyl (C=O) groups excluding carboxylic acids is 4. The number of anilines is 2. The van der Waals surface area contributed by atoms with Gasteiger partial charge in [-0.3, -0.25) is 19.2 Å². The number of nitrogens with zero attached hydrogens (tertiary/aromatic N) is 2. The largest absolute Gasteiger partial charge is 0.493 e. The van der Waals surface area contributed by atoms with Crippen LogP contribution in [0.2, 0.25) is 0 Å². The van der Waals surface area contributed by atoms with Crippen molar-refractivity contribution >= 4 is 46.7 Å². The first kappa shape index (κ1) is 37.0. The summed E-state index contributed by atoms with van der Waals surface area (Å²) in [7, 11) is 0. The Morgan fingerprint density at radius 3 is 1.13 bits per heavy atom. The predicted octanol–water partition coefficient (Wildman–Crippen LogP) is 8.93. The number of ketones is 4. The zero-order valence-electron chi connectivity index (χ0n) is 30.9. The Labute approximate surface area is 311 Å². The van der Waals surface area contributed by atoms with Crippen molar-refractivity contribution in [2.75, 3.05) is 49.2 Å². The van der Waals surface area contributed by atoms with Crippen LogP contribution in [0.3, 0.4) is 0 Å². The molecule has 0 heterocycles. The topological polar surface area (TPSA) is 93.2 Å². The smallest absolute Gasteiger partial charge is 0.197 e. The van der Waals surface area contributed by atoms with Crippen molar-refractivity contribution in [2.45, 2.75) is 47.0 Å². The summed E-state index contributed by atoms with van der Waals surface area (Å²) in [6.45, 7) is 12.6. The van der Waals surface area contributed by atoms with Crippen LogP contribution in [-0.4, -0.2) is 62.5 Å². The number of hydrogen-bond donors (Lipinski definition) is 0. The second-order valence-corrected chi connectivity index (χ2v) is 13.1. The third-order valence-corrected chi connectivity index (χ3v) is 9.97. The molecule has 0 saturated carbocycles. The van der Waals surface area contributed by atoms with Crippen LogP contribution in [0.5, 0.6) is 11.5 Å². The number of benzene rings is 4. The molecular formula is C45H46N2O6. The Bertz CT molecular complexity index is 1880. The first-order chi connectivity index (χ1) is 25.8. The van der Waals surface area contributed by atoms with Crippen molar-refractivity contribution in [1.82, 2.24) is 0 Å². The van der Waals surface area contributed by atoms with Gasteiger partial charge in [-0.1, -0.05) is 48.5 Å². The summed E-state index contributed by atoms with van der Waals surface area (Å²) in [4.78, 5) is 57.0. The molecule has 0 bridgehead atoms. The fraction of sp³-hybridized carbons (Fsp3) is 0.289. The zero-order valence-corrected chi connectivity index (χ0v) is 30.9. The second-order valence-electron chi connectivity index (χ2n) is 13.1. The summed E-state index contributed by atoms with van der Waals surface area (Å²) in [5, 5.41) is 0. The zero-order chi connectivity index (χ0) is 37.5. The highest BCUT2D eigenvalue weighted by molar-refractivity contribution is 6.42. The monoisotopic (exact) mass is 710 g/mol. The molecule has 0 N–H and O–H groups in total. The van der Waals surface area contributed by atoms with Crippen LogP contribution in [0.1, 0.15) is 99.5 Å². The van der Waals surface area contributed by atoms with Crippen LogP contribution >= 0.6 is 0 Å². The summed E-state index contributed by atoms with van der Waals surface area (Å²) in [5.41, 5.74) is 5.42. The lowest BCUT2D eigenvalue weighted by atomic mass is 10.1. The molecule has 0 unspecified atom stereocenters. The quantitative estimate of drug-likeness (QED) is 0.0647. The average molecular weight is 711 g/mol. The molecule has 6 rings (SSSR count). The van der Waals surface area contributed by atoms with Gasteiger partial charge in [0.2, 0.25) is 0 Å². The van der Waals surface area contributed by atoms with Gasteiger partial charge in [0.05, 0.1) is 24.4 Å². The van der Waals surface area contributed by atoms with E-state index in [1.54, 1.807) is 60.7 Å².